The van der Waals surface area contributed by atoms with Crippen LogP contribution in [-0.2, 0) is 11.3 Å². The zero-order valence-electron chi connectivity index (χ0n) is 7.86. The monoisotopic (exact) mass is 209 g/mol. The Kier molecular flexibility index (Phi) is 2.60. The Morgan fingerprint density at radius 2 is 2.50 bits per heavy atom. The Balaban J connectivity index is 2.51. The lowest BCUT2D eigenvalue weighted by Gasteiger charge is -2.01. The van der Waals surface area contributed by atoms with Crippen LogP contribution >= 0.6 is 12.2 Å². The summed E-state index contributed by atoms with van der Waals surface area (Å²) >= 11 is 5.19. The predicted octanol–water partition coefficient (Wildman–Crippen LogP) is 1.74. The summed E-state index contributed by atoms with van der Waals surface area (Å²) in [5.41, 5.74) is 2.04. The third-order valence-electron chi connectivity index (χ3n) is 2.10. The van der Waals surface area contributed by atoms with Crippen molar-refractivity contribution in [3.05, 3.63) is 23.2 Å². The molecule has 0 spiro atoms. The Hall–Kier alpha value is -1.20. The van der Waals surface area contributed by atoms with E-state index in [9.17, 15) is 0 Å². The van der Waals surface area contributed by atoms with E-state index in [-0.39, 0.29) is 0 Å². The molecule has 0 amide bonds. The van der Waals surface area contributed by atoms with E-state index in [0.29, 0.717) is 11.4 Å². The predicted molar refractivity (Wildman–Crippen MR) is 56.8 cm³/mol. The summed E-state index contributed by atoms with van der Waals surface area (Å²) in [6, 6.07) is 1.91. The largest absolute Gasteiger partial charge is 0.383 e. The van der Waals surface area contributed by atoms with E-state index in [2.05, 4.69) is 9.97 Å². The molecule has 2 heterocycles. The number of hydrogen-bond acceptors (Lipinski definition) is 3. The fourth-order valence-corrected chi connectivity index (χ4v) is 1.70. The van der Waals surface area contributed by atoms with E-state index >= 15 is 0 Å². The van der Waals surface area contributed by atoms with E-state index in [1.807, 2.05) is 10.6 Å². The van der Waals surface area contributed by atoms with Crippen LogP contribution in [0, 0.1) is 4.77 Å². The average Bonchev–Trinajstić information content (AvgIpc) is 2.51. The molecule has 4 nitrogen and oxygen atoms in total. The number of imidazole rings is 1. The molecule has 1 N–H and O–H groups in total. The number of methoxy groups -OCH3 is 1. The molecule has 2 aromatic heterocycles. The molecule has 2 aromatic rings. The molecule has 0 bridgehead atoms. The van der Waals surface area contributed by atoms with Crippen molar-refractivity contribution in [1.29, 1.82) is 0 Å². The minimum atomic E-state index is 0.649. The maximum Gasteiger partial charge on any atom is 0.178 e. The van der Waals surface area contributed by atoms with Gasteiger partial charge in [-0.1, -0.05) is 0 Å². The second-order valence-electron chi connectivity index (χ2n) is 2.97. The molecule has 2 rings (SSSR count). The van der Waals surface area contributed by atoms with Crippen LogP contribution in [0.4, 0.5) is 0 Å². The van der Waals surface area contributed by atoms with Crippen molar-refractivity contribution >= 4 is 23.3 Å². The highest BCUT2D eigenvalue weighted by Gasteiger charge is 2.02. The summed E-state index contributed by atoms with van der Waals surface area (Å²) < 4.78 is 7.72. The van der Waals surface area contributed by atoms with E-state index in [1.54, 1.807) is 19.5 Å². The second kappa shape index (κ2) is 3.89. The molecule has 0 saturated carbocycles. The number of H-pyrrole nitrogens is 1. The summed E-state index contributed by atoms with van der Waals surface area (Å²) in [6.45, 7) is 1.40. The van der Waals surface area contributed by atoms with Crippen molar-refractivity contribution in [3.8, 4) is 0 Å². The van der Waals surface area contributed by atoms with Gasteiger partial charge in [0.1, 0.15) is 0 Å². The van der Waals surface area contributed by atoms with E-state index in [4.69, 9.17) is 17.0 Å². The van der Waals surface area contributed by atoms with Crippen LogP contribution in [-0.4, -0.2) is 28.3 Å². The van der Waals surface area contributed by atoms with Gasteiger partial charge in [0, 0.05) is 19.9 Å². The van der Waals surface area contributed by atoms with Crippen molar-refractivity contribution in [2.45, 2.75) is 6.54 Å². The molecule has 0 radical (unpaired) electrons. The SMILES string of the molecule is COCCn1c(=S)[nH]c2ccncc21. The quantitative estimate of drug-likeness (QED) is 0.783. The Bertz CT molecular complexity index is 488. The Morgan fingerprint density at radius 1 is 1.64 bits per heavy atom. The number of rotatable bonds is 3. The van der Waals surface area contributed by atoms with Gasteiger partial charge in [0.25, 0.3) is 0 Å². The van der Waals surface area contributed by atoms with Crippen molar-refractivity contribution in [2.75, 3.05) is 13.7 Å². The number of nitrogens with zero attached hydrogens (tertiary/aromatic N) is 2. The third-order valence-corrected chi connectivity index (χ3v) is 2.42. The Labute approximate surface area is 86.5 Å². The molecule has 0 aromatic carbocycles. The molecule has 0 aliphatic carbocycles. The number of hydrogen-bond donors (Lipinski definition) is 1. The lowest BCUT2D eigenvalue weighted by molar-refractivity contribution is 0.188. The highest BCUT2D eigenvalue weighted by atomic mass is 32.1. The average molecular weight is 209 g/mol. The molecule has 0 unspecified atom stereocenters. The molecule has 0 atom stereocenters. The van der Waals surface area contributed by atoms with Crippen LogP contribution in [0.25, 0.3) is 11.0 Å². The first-order chi connectivity index (χ1) is 6.83. The van der Waals surface area contributed by atoms with Crippen LogP contribution in [0.1, 0.15) is 0 Å². The van der Waals surface area contributed by atoms with Crippen molar-refractivity contribution in [3.63, 3.8) is 0 Å². The zero-order chi connectivity index (χ0) is 9.97. The van der Waals surface area contributed by atoms with Crippen LogP contribution < -0.4 is 0 Å². The van der Waals surface area contributed by atoms with Crippen LogP contribution in [0.15, 0.2) is 18.5 Å². The molecule has 0 aliphatic rings. The summed E-state index contributed by atoms with van der Waals surface area (Å²) in [7, 11) is 1.68. The van der Waals surface area contributed by atoms with Crippen LogP contribution in [0.2, 0.25) is 0 Å². The summed E-state index contributed by atoms with van der Waals surface area (Å²) in [5, 5.41) is 0. The molecule has 5 heteroatoms. The first kappa shape index (κ1) is 9.36. The number of nitrogens with one attached hydrogen (secondary N) is 1. The number of fused-ring (bicyclic) bond motifs is 1. The minimum absolute atomic E-state index is 0.649. The first-order valence-electron chi connectivity index (χ1n) is 4.34. The van der Waals surface area contributed by atoms with Gasteiger partial charge in [0.05, 0.1) is 23.8 Å². The van der Waals surface area contributed by atoms with E-state index in [0.717, 1.165) is 17.6 Å². The molecule has 0 aliphatic heterocycles. The molecule has 0 saturated heterocycles. The van der Waals surface area contributed by atoms with Gasteiger partial charge in [-0.15, -0.1) is 0 Å². The van der Waals surface area contributed by atoms with Gasteiger partial charge in [-0.2, -0.15) is 0 Å². The Morgan fingerprint density at radius 3 is 3.29 bits per heavy atom. The standard InChI is InChI=1S/C9H11N3OS/c1-13-5-4-12-8-6-10-3-2-7(8)11-9(12)14/h2-3,6H,4-5H2,1H3,(H,11,14). The maximum atomic E-state index is 5.19. The van der Waals surface area contributed by atoms with Crippen LogP contribution in [0.5, 0.6) is 0 Å². The van der Waals surface area contributed by atoms with Gasteiger partial charge < -0.3 is 14.3 Å². The lowest BCUT2D eigenvalue weighted by atomic mass is 10.4. The van der Waals surface area contributed by atoms with Crippen molar-refractivity contribution in [2.24, 2.45) is 0 Å². The molecular formula is C9H11N3OS. The van der Waals surface area contributed by atoms with Gasteiger partial charge in [0.15, 0.2) is 4.77 Å². The van der Waals surface area contributed by atoms with Crippen molar-refractivity contribution in [1.82, 2.24) is 14.5 Å². The van der Waals surface area contributed by atoms with Crippen molar-refractivity contribution < 1.29 is 4.74 Å². The molecule has 14 heavy (non-hydrogen) atoms. The van der Waals surface area contributed by atoms with Crippen LogP contribution in [0.3, 0.4) is 0 Å². The maximum absolute atomic E-state index is 5.19. The fourth-order valence-electron chi connectivity index (χ4n) is 1.40. The second-order valence-corrected chi connectivity index (χ2v) is 3.35. The van der Waals surface area contributed by atoms with E-state index in [1.165, 1.54) is 0 Å². The highest BCUT2D eigenvalue weighted by Crippen LogP contribution is 2.11. The minimum Gasteiger partial charge on any atom is -0.383 e. The van der Waals surface area contributed by atoms with E-state index < -0.39 is 0 Å². The van der Waals surface area contributed by atoms with Gasteiger partial charge >= 0.3 is 0 Å². The fraction of sp³-hybridized carbons (Fsp3) is 0.333. The zero-order valence-corrected chi connectivity index (χ0v) is 8.67. The number of ether oxygens (including phenoxy) is 1. The number of aromatic amines is 1. The van der Waals surface area contributed by atoms with Gasteiger partial charge in [0.2, 0.25) is 0 Å². The topological polar surface area (TPSA) is 42.8 Å². The number of pyridine rings is 1. The molecule has 0 fully saturated rings. The van der Waals surface area contributed by atoms with Gasteiger partial charge in [-0.25, -0.2) is 0 Å². The normalized spacial score (nSPS) is 10.9. The molecular weight excluding hydrogens is 198 g/mol. The molecule has 74 valence electrons. The third kappa shape index (κ3) is 1.56. The summed E-state index contributed by atoms with van der Waals surface area (Å²) in [4.78, 5) is 7.19. The van der Waals surface area contributed by atoms with Gasteiger partial charge in [-0.3, -0.25) is 4.98 Å². The highest BCUT2D eigenvalue weighted by molar-refractivity contribution is 7.71. The van der Waals surface area contributed by atoms with Gasteiger partial charge in [-0.05, 0) is 18.3 Å². The summed E-state index contributed by atoms with van der Waals surface area (Å²) in [6.07, 6.45) is 3.55. The first-order valence-corrected chi connectivity index (χ1v) is 4.75. The number of aromatic nitrogens is 3. The summed E-state index contributed by atoms with van der Waals surface area (Å²) in [5.74, 6) is 0. The smallest absolute Gasteiger partial charge is 0.178 e. The lowest BCUT2D eigenvalue weighted by Crippen LogP contribution is -2.03.